The van der Waals surface area contributed by atoms with Gasteiger partial charge < -0.3 is 9.47 Å². The maximum atomic E-state index is 13.4. The van der Waals surface area contributed by atoms with Crippen LogP contribution in [0, 0.1) is 12.7 Å². The predicted octanol–water partition coefficient (Wildman–Crippen LogP) is 4.90. The molecule has 4 aromatic rings. The maximum Gasteiger partial charge on any atom is 0.412 e. The number of rotatable bonds is 5. The number of halogens is 1. The van der Waals surface area contributed by atoms with Crippen LogP contribution in [0.5, 0.6) is 5.75 Å². The number of amides is 1. The fraction of sp³-hybridized carbons (Fsp3) is 0.190. The number of carbonyl (C=O) groups excluding carboxylic acids is 1. The first-order valence-electron chi connectivity index (χ1n) is 9.10. The van der Waals surface area contributed by atoms with Gasteiger partial charge in [0, 0.05) is 18.5 Å². The van der Waals surface area contributed by atoms with E-state index in [-0.39, 0.29) is 6.61 Å². The second kappa shape index (κ2) is 8.11. The number of hydrogen-bond acceptors (Lipinski definition) is 6. The van der Waals surface area contributed by atoms with Crippen LogP contribution in [0.25, 0.3) is 21.5 Å². The molecule has 9 heteroatoms. The highest BCUT2D eigenvalue weighted by Gasteiger charge is 2.16. The van der Waals surface area contributed by atoms with Gasteiger partial charge in [-0.15, -0.1) is 0 Å². The summed E-state index contributed by atoms with van der Waals surface area (Å²) in [7, 11) is 3.34. The molecule has 0 fully saturated rings. The van der Waals surface area contributed by atoms with Crippen LogP contribution in [-0.2, 0) is 18.4 Å². The Morgan fingerprint density at radius 1 is 1.27 bits per heavy atom. The molecule has 2 aromatic carbocycles. The molecule has 0 radical (unpaired) electrons. The van der Waals surface area contributed by atoms with Crippen molar-refractivity contribution in [1.82, 2.24) is 14.8 Å². The van der Waals surface area contributed by atoms with Crippen LogP contribution in [0.3, 0.4) is 0 Å². The van der Waals surface area contributed by atoms with Gasteiger partial charge in [0.15, 0.2) is 0 Å². The first-order valence-corrected chi connectivity index (χ1v) is 9.92. The number of aryl methyl sites for hydroxylation is 2. The van der Waals surface area contributed by atoms with Gasteiger partial charge in [-0.05, 0) is 36.8 Å². The summed E-state index contributed by atoms with van der Waals surface area (Å²) >= 11 is 1.27. The first kappa shape index (κ1) is 19.8. The van der Waals surface area contributed by atoms with Gasteiger partial charge in [0.2, 0.25) is 0 Å². The van der Waals surface area contributed by atoms with Gasteiger partial charge in [0.05, 0.1) is 30.1 Å². The third-order valence-corrected chi connectivity index (χ3v) is 5.69. The minimum atomic E-state index is -0.578. The Morgan fingerprint density at radius 3 is 2.90 bits per heavy atom. The summed E-state index contributed by atoms with van der Waals surface area (Å²) in [6.07, 6.45) is 1.19. The second-order valence-corrected chi connectivity index (χ2v) is 7.64. The molecule has 1 amide bonds. The summed E-state index contributed by atoms with van der Waals surface area (Å²) in [5.74, 6) is -0.0149. The number of nitrogens with zero attached hydrogens (tertiary/aromatic N) is 3. The number of fused-ring (bicyclic) bond motifs is 1. The highest BCUT2D eigenvalue weighted by molar-refractivity contribution is 7.19. The molecule has 0 unspecified atom stereocenters. The largest absolute Gasteiger partial charge is 0.496 e. The zero-order valence-corrected chi connectivity index (χ0v) is 17.4. The van der Waals surface area contributed by atoms with Crippen molar-refractivity contribution in [3.05, 3.63) is 59.7 Å². The first-order chi connectivity index (χ1) is 14.4. The molecule has 0 aliphatic rings. The SMILES string of the molecule is COc1cc(F)ccc1-c1nc(C)c(NC(=O)OCc2ccc3c(cnn3C)c2)s1. The fourth-order valence-corrected chi connectivity index (χ4v) is 4.03. The number of carbonyl (C=O) groups is 1. The quantitative estimate of drug-likeness (QED) is 0.491. The Hall–Kier alpha value is -3.46. The summed E-state index contributed by atoms with van der Waals surface area (Å²) in [5.41, 5.74) is 3.16. The van der Waals surface area contributed by atoms with Crippen LogP contribution in [0.15, 0.2) is 42.6 Å². The fourth-order valence-electron chi connectivity index (χ4n) is 3.05. The van der Waals surface area contributed by atoms with E-state index in [1.165, 1.54) is 30.6 Å². The van der Waals surface area contributed by atoms with E-state index in [2.05, 4.69) is 15.4 Å². The van der Waals surface area contributed by atoms with Crippen LogP contribution in [0.1, 0.15) is 11.3 Å². The number of methoxy groups -OCH3 is 1. The minimum absolute atomic E-state index is 0.132. The number of thiazole rings is 1. The molecule has 154 valence electrons. The summed E-state index contributed by atoms with van der Waals surface area (Å²) in [6, 6.07) is 10.0. The normalized spacial score (nSPS) is 10.9. The second-order valence-electron chi connectivity index (χ2n) is 6.64. The van der Waals surface area contributed by atoms with E-state index >= 15 is 0 Å². The van der Waals surface area contributed by atoms with Gasteiger partial charge in [-0.2, -0.15) is 5.10 Å². The number of hydrogen-bond donors (Lipinski definition) is 1. The van der Waals surface area contributed by atoms with Crippen LogP contribution >= 0.6 is 11.3 Å². The Kier molecular flexibility index (Phi) is 5.37. The average molecular weight is 426 g/mol. The van der Waals surface area contributed by atoms with Crippen LogP contribution < -0.4 is 10.1 Å². The summed E-state index contributed by atoms with van der Waals surface area (Å²) < 4.78 is 25.8. The molecule has 0 aliphatic heterocycles. The van der Waals surface area contributed by atoms with Crippen molar-refractivity contribution in [1.29, 1.82) is 0 Å². The summed E-state index contributed by atoms with van der Waals surface area (Å²) in [5, 5.41) is 9.08. The smallest absolute Gasteiger partial charge is 0.412 e. The summed E-state index contributed by atoms with van der Waals surface area (Å²) in [6.45, 7) is 1.91. The third kappa shape index (κ3) is 3.97. The molecule has 0 saturated carbocycles. The Bertz CT molecular complexity index is 1230. The third-order valence-electron chi connectivity index (χ3n) is 4.59. The molecular formula is C21H19FN4O3S. The molecule has 4 rings (SSSR count). The van der Waals surface area contributed by atoms with Crippen molar-refractivity contribution < 1.29 is 18.7 Å². The molecule has 2 heterocycles. The molecule has 1 N–H and O–H groups in total. The molecule has 7 nitrogen and oxygen atoms in total. The van der Waals surface area contributed by atoms with Crippen molar-refractivity contribution in [3.8, 4) is 16.3 Å². The van der Waals surface area contributed by atoms with E-state index in [0.29, 0.717) is 27.0 Å². The molecule has 0 saturated heterocycles. The average Bonchev–Trinajstić information content (AvgIpc) is 3.28. The van der Waals surface area contributed by atoms with E-state index < -0.39 is 11.9 Å². The van der Waals surface area contributed by atoms with Gasteiger partial charge >= 0.3 is 6.09 Å². The van der Waals surface area contributed by atoms with Crippen LogP contribution in [0.2, 0.25) is 0 Å². The van der Waals surface area contributed by atoms with Gasteiger partial charge in [-0.25, -0.2) is 14.2 Å². The van der Waals surface area contributed by atoms with Crippen LogP contribution in [-0.4, -0.2) is 28.0 Å². The zero-order valence-electron chi connectivity index (χ0n) is 16.6. The molecule has 30 heavy (non-hydrogen) atoms. The standard InChI is InChI=1S/C21H19FN4O3S/c1-12-19(30-20(24-12)16-6-5-15(22)9-18(16)28-3)25-21(27)29-11-13-4-7-17-14(8-13)10-23-26(17)2/h4-10H,11H2,1-3H3,(H,25,27). The molecule has 0 atom stereocenters. The van der Waals surface area contributed by atoms with Crippen LogP contribution in [0.4, 0.5) is 14.2 Å². The van der Waals surface area contributed by atoms with E-state index in [4.69, 9.17) is 9.47 Å². The minimum Gasteiger partial charge on any atom is -0.496 e. The number of ether oxygens (including phenoxy) is 2. The predicted molar refractivity (Wildman–Crippen MR) is 113 cm³/mol. The van der Waals surface area contributed by atoms with Crippen molar-refractivity contribution in [3.63, 3.8) is 0 Å². The van der Waals surface area contributed by atoms with Gasteiger partial charge in [0.25, 0.3) is 0 Å². The number of benzene rings is 2. The van der Waals surface area contributed by atoms with Gasteiger partial charge in [-0.1, -0.05) is 17.4 Å². The zero-order chi connectivity index (χ0) is 21.3. The maximum absolute atomic E-state index is 13.4. The lowest BCUT2D eigenvalue weighted by Gasteiger charge is -2.06. The van der Waals surface area contributed by atoms with Crippen molar-refractivity contribution >= 4 is 33.3 Å². The molecular weight excluding hydrogens is 407 g/mol. The Labute approximate surface area is 176 Å². The number of nitrogens with one attached hydrogen (secondary N) is 1. The highest BCUT2D eigenvalue weighted by atomic mass is 32.1. The highest BCUT2D eigenvalue weighted by Crippen LogP contribution is 2.37. The lowest BCUT2D eigenvalue weighted by Crippen LogP contribution is -2.13. The lowest BCUT2D eigenvalue weighted by atomic mass is 10.2. The van der Waals surface area contributed by atoms with E-state index in [0.717, 1.165) is 16.5 Å². The number of aromatic nitrogens is 3. The van der Waals surface area contributed by atoms with Gasteiger partial charge in [-0.3, -0.25) is 10.00 Å². The van der Waals surface area contributed by atoms with E-state index in [1.54, 1.807) is 23.9 Å². The van der Waals surface area contributed by atoms with E-state index in [1.807, 2.05) is 25.2 Å². The molecule has 0 spiro atoms. The van der Waals surface area contributed by atoms with E-state index in [9.17, 15) is 9.18 Å². The lowest BCUT2D eigenvalue weighted by molar-refractivity contribution is 0.155. The number of anilines is 1. The van der Waals surface area contributed by atoms with Crippen molar-refractivity contribution in [2.24, 2.45) is 7.05 Å². The monoisotopic (exact) mass is 426 g/mol. The van der Waals surface area contributed by atoms with Gasteiger partial charge in [0.1, 0.15) is 28.2 Å². The van der Waals surface area contributed by atoms with Crippen molar-refractivity contribution in [2.45, 2.75) is 13.5 Å². The molecule has 0 aliphatic carbocycles. The topological polar surface area (TPSA) is 78.3 Å². The summed E-state index contributed by atoms with van der Waals surface area (Å²) in [4.78, 5) is 16.7. The molecule has 0 bridgehead atoms. The Balaban J connectivity index is 1.44. The molecule has 2 aromatic heterocycles. The Morgan fingerprint density at radius 2 is 2.10 bits per heavy atom. The van der Waals surface area contributed by atoms with Crippen molar-refractivity contribution in [2.75, 3.05) is 12.4 Å².